The maximum absolute atomic E-state index is 13.4. The number of aromatic nitrogens is 1. The lowest BCUT2D eigenvalue weighted by Crippen LogP contribution is -2.84. The highest BCUT2D eigenvalue weighted by molar-refractivity contribution is 7.10. The number of benzene rings is 1. The van der Waals surface area contributed by atoms with Gasteiger partial charge in [0.25, 0.3) is 11.8 Å². The van der Waals surface area contributed by atoms with Crippen molar-refractivity contribution in [2.75, 3.05) is 6.61 Å². The molecular weight excluding hydrogens is 417 g/mol. The Labute approximate surface area is 175 Å². The van der Waals surface area contributed by atoms with E-state index in [-0.39, 0.29) is 40.3 Å². The van der Waals surface area contributed by atoms with Crippen molar-refractivity contribution in [1.29, 1.82) is 0 Å². The van der Waals surface area contributed by atoms with Gasteiger partial charge in [0.05, 0.1) is 10.0 Å². The van der Waals surface area contributed by atoms with Gasteiger partial charge >= 0.3 is 0 Å². The molecule has 1 heterocycles. The lowest BCUT2D eigenvalue weighted by Gasteiger charge is -2.70. The average molecular weight is 436 g/mol. The van der Waals surface area contributed by atoms with Crippen molar-refractivity contribution in [3.63, 3.8) is 0 Å². The summed E-state index contributed by atoms with van der Waals surface area (Å²) in [5.74, 6) is -0.209. The number of ether oxygens (including phenoxy) is 1. The average Bonchev–Trinajstić information content (AvgIpc) is 3.36. The summed E-state index contributed by atoms with van der Waals surface area (Å²) >= 11 is 7.18. The van der Waals surface area contributed by atoms with Gasteiger partial charge in [-0.05, 0) is 44.2 Å². The molecular formula is C20H19ClFN3O3S. The molecule has 4 fully saturated rings. The highest BCUT2D eigenvalue weighted by Crippen LogP contribution is 2.60. The number of hydrogen-bond donors (Lipinski definition) is 2. The number of rotatable bonds is 7. The van der Waals surface area contributed by atoms with Gasteiger partial charge in [0.2, 0.25) is 0 Å². The minimum atomic E-state index is -0.592. The molecule has 0 aliphatic heterocycles. The van der Waals surface area contributed by atoms with E-state index in [0.717, 1.165) is 23.9 Å². The molecule has 2 amide bonds. The monoisotopic (exact) mass is 435 g/mol. The zero-order valence-corrected chi connectivity index (χ0v) is 17.0. The first kappa shape index (κ1) is 18.8. The topological polar surface area (TPSA) is 80.3 Å². The van der Waals surface area contributed by atoms with Gasteiger partial charge in [-0.1, -0.05) is 11.6 Å². The van der Waals surface area contributed by atoms with Crippen LogP contribution < -0.4 is 15.4 Å². The predicted molar refractivity (Wildman–Crippen MR) is 106 cm³/mol. The molecule has 0 radical (unpaired) electrons. The molecule has 6 rings (SSSR count). The molecule has 29 heavy (non-hydrogen) atoms. The van der Waals surface area contributed by atoms with Crippen LogP contribution in [0.3, 0.4) is 0 Å². The Kier molecular flexibility index (Phi) is 4.33. The quantitative estimate of drug-likeness (QED) is 0.698. The van der Waals surface area contributed by atoms with Gasteiger partial charge in [0.1, 0.15) is 17.3 Å². The molecule has 1 aromatic heterocycles. The Balaban J connectivity index is 1.08. The molecule has 1 aromatic carbocycles. The summed E-state index contributed by atoms with van der Waals surface area (Å²) < 4.78 is 18.7. The van der Waals surface area contributed by atoms with Gasteiger partial charge in [0.15, 0.2) is 6.61 Å². The van der Waals surface area contributed by atoms with Crippen molar-refractivity contribution in [1.82, 2.24) is 15.6 Å². The number of thiazole rings is 1. The molecule has 4 aliphatic rings. The van der Waals surface area contributed by atoms with Gasteiger partial charge in [0, 0.05) is 28.4 Å². The lowest BCUT2D eigenvalue weighted by atomic mass is 9.44. The second-order valence-electron chi connectivity index (χ2n) is 8.30. The zero-order chi connectivity index (χ0) is 20.2. The normalized spacial score (nSPS) is 26.8. The second kappa shape index (κ2) is 6.67. The van der Waals surface area contributed by atoms with E-state index in [2.05, 4.69) is 15.6 Å². The van der Waals surface area contributed by atoms with Crippen LogP contribution in [0.4, 0.5) is 4.39 Å². The van der Waals surface area contributed by atoms with Crippen molar-refractivity contribution >= 4 is 34.8 Å². The Morgan fingerprint density at radius 2 is 1.97 bits per heavy atom. The molecule has 4 saturated carbocycles. The molecule has 0 spiro atoms. The Morgan fingerprint density at radius 3 is 2.66 bits per heavy atom. The molecule has 0 atom stereocenters. The van der Waals surface area contributed by atoms with Crippen molar-refractivity contribution in [2.45, 2.75) is 49.1 Å². The highest BCUT2D eigenvalue weighted by Gasteiger charge is 2.69. The van der Waals surface area contributed by atoms with Crippen LogP contribution in [0, 0.1) is 5.82 Å². The zero-order valence-electron chi connectivity index (χ0n) is 15.5. The van der Waals surface area contributed by atoms with E-state index in [1.807, 2.05) is 5.38 Å². The summed E-state index contributed by atoms with van der Waals surface area (Å²) in [6.45, 7) is -0.203. The molecule has 152 valence electrons. The van der Waals surface area contributed by atoms with Gasteiger partial charge < -0.3 is 15.4 Å². The maximum atomic E-state index is 13.4. The van der Waals surface area contributed by atoms with Crippen LogP contribution in [-0.2, 0) is 4.79 Å². The van der Waals surface area contributed by atoms with E-state index in [1.54, 1.807) is 11.3 Å². The fourth-order valence-electron chi connectivity index (χ4n) is 4.32. The number of hydrogen-bond acceptors (Lipinski definition) is 5. The number of nitrogens with zero attached hydrogens (tertiary/aromatic N) is 1. The van der Waals surface area contributed by atoms with Crippen molar-refractivity contribution < 1.29 is 18.7 Å². The molecule has 6 nitrogen and oxygen atoms in total. The molecule has 2 aromatic rings. The van der Waals surface area contributed by atoms with Gasteiger partial charge in [-0.2, -0.15) is 0 Å². The summed E-state index contributed by atoms with van der Waals surface area (Å²) in [6.07, 6.45) is 4.43. The van der Waals surface area contributed by atoms with Crippen molar-refractivity contribution in [2.24, 2.45) is 0 Å². The Hall–Kier alpha value is -2.19. The highest BCUT2D eigenvalue weighted by atomic mass is 35.5. The fraction of sp³-hybridized carbons (Fsp3) is 0.450. The van der Waals surface area contributed by atoms with Gasteiger partial charge in [-0.15, -0.1) is 11.3 Å². The molecule has 4 aliphatic carbocycles. The van der Waals surface area contributed by atoms with Crippen molar-refractivity contribution in [3.8, 4) is 5.75 Å². The summed E-state index contributed by atoms with van der Waals surface area (Å²) in [5.41, 5.74) is -0.0306. The molecule has 2 bridgehead atoms. The standard InChI is InChI=1S/C20H19ClFN3O3S/c21-13-4-3-12(5-14(13)22)28-6-16(26)24-19-8-20(9-19,10-19)25-17(27)15-7-29-18(23-15)11-1-2-11/h3-5,7,11H,1-2,6,8-10H2,(H,24,26)(H,25,27). The number of carbonyl (C=O) groups is 2. The summed E-state index contributed by atoms with van der Waals surface area (Å²) in [6, 6.07) is 4.04. The first-order chi connectivity index (χ1) is 13.9. The Morgan fingerprint density at radius 1 is 1.24 bits per heavy atom. The minimum Gasteiger partial charge on any atom is -0.484 e. The van der Waals surface area contributed by atoms with Crippen LogP contribution in [0.15, 0.2) is 23.6 Å². The number of nitrogens with one attached hydrogen (secondary N) is 2. The fourth-order valence-corrected chi connectivity index (χ4v) is 5.40. The molecule has 2 N–H and O–H groups in total. The first-order valence-corrected chi connectivity index (χ1v) is 10.8. The summed E-state index contributed by atoms with van der Waals surface area (Å²) in [7, 11) is 0. The van der Waals surface area contributed by atoms with E-state index >= 15 is 0 Å². The molecule has 0 unspecified atom stereocenters. The molecule has 0 saturated heterocycles. The number of halogens is 2. The van der Waals surface area contributed by atoms with E-state index < -0.39 is 5.82 Å². The summed E-state index contributed by atoms with van der Waals surface area (Å²) in [5, 5.41) is 8.93. The first-order valence-electron chi connectivity index (χ1n) is 9.52. The second-order valence-corrected chi connectivity index (χ2v) is 9.60. The van der Waals surface area contributed by atoms with E-state index in [9.17, 15) is 14.0 Å². The Bertz CT molecular complexity index is 987. The van der Waals surface area contributed by atoms with Crippen LogP contribution in [0.1, 0.15) is 53.5 Å². The van der Waals surface area contributed by atoms with Crippen LogP contribution >= 0.6 is 22.9 Å². The van der Waals surface area contributed by atoms with E-state index in [0.29, 0.717) is 30.9 Å². The largest absolute Gasteiger partial charge is 0.484 e. The minimum absolute atomic E-state index is 0.00410. The third-order valence-electron chi connectivity index (χ3n) is 5.76. The van der Waals surface area contributed by atoms with Crippen LogP contribution in [-0.4, -0.2) is 34.5 Å². The SMILES string of the molecule is O=C(COc1ccc(Cl)c(F)c1)NC12CC(NC(=O)c3csc(C4CC4)n3)(C1)C2. The van der Waals surface area contributed by atoms with Gasteiger partial charge in [-0.3, -0.25) is 9.59 Å². The molecule has 9 heteroatoms. The summed E-state index contributed by atoms with van der Waals surface area (Å²) in [4.78, 5) is 29.1. The van der Waals surface area contributed by atoms with Crippen LogP contribution in [0.25, 0.3) is 0 Å². The smallest absolute Gasteiger partial charge is 0.271 e. The van der Waals surface area contributed by atoms with E-state index in [4.69, 9.17) is 16.3 Å². The third-order valence-corrected chi connectivity index (χ3v) is 7.07. The maximum Gasteiger partial charge on any atom is 0.271 e. The third kappa shape index (κ3) is 3.59. The number of carbonyl (C=O) groups excluding carboxylic acids is 2. The van der Waals surface area contributed by atoms with Gasteiger partial charge in [-0.25, -0.2) is 9.37 Å². The van der Waals surface area contributed by atoms with Crippen LogP contribution in [0.5, 0.6) is 5.75 Å². The van der Waals surface area contributed by atoms with Crippen LogP contribution in [0.2, 0.25) is 5.02 Å². The number of amides is 2. The predicted octanol–water partition coefficient (Wildman–Crippen LogP) is 3.41. The van der Waals surface area contributed by atoms with Crippen molar-refractivity contribution in [3.05, 3.63) is 45.1 Å². The van der Waals surface area contributed by atoms with E-state index in [1.165, 1.54) is 12.1 Å². The lowest BCUT2D eigenvalue weighted by molar-refractivity contribution is -0.141.